The van der Waals surface area contributed by atoms with E-state index in [1.807, 2.05) is 72.8 Å². The monoisotopic (exact) mass is 371 g/mol. The summed E-state index contributed by atoms with van der Waals surface area (Å²) in [6, 6.07) is 25.2. The number of anilines is 1. The molecule has 3 aromatic carbocycles. The molecule has 4 heteroatoms. The van der Waals surface area contributed by atoms with Crippen molar-refractivity contribution in [2.45, 2.75) is 12.8 Å². The van der Waals surface area contributed by atoms with Gasteiger partial charge in [0.15, 0.2) is 6.61 Å². The van der Waals surface area contributed by atoms with Gasteiger partial charge in [0.1, 0.15) is 0 Å². The minimum Gasteiger partial charge on any atom is -0.452 e. The Kier molecular flexibility index (Phi) is 5.20. The van der Waals surface area contributed by atoms with E-state index >= 15 is 0 Å². The first-order valence-electron chi connectivity index (χ1n) is 9.39. The molecule has 1 heterocycles. The second kappa shape index (κ2) is 8.09. The number of carbonyl (C=O) groups is 2. The van der Waals surface area contributed by atoms with Gasteiger partial charge in [0, 0.05) is 12.2 Å². The number of para-hydroxylation sites is 1. The van der Waals surface area contributed by atoms with E-state index < -0.39 is 5.97 Å². The van der Waals surface area contributed by atoms with E-state index in [2.05, 4.69) is 0 Å². The largest absolute Gasteiger partial charge is 0.452 e. The third kappa shape index (κ3) is 3.81. The summed E-state index contributed by atoms with van der Waals surface area (Å²) in [5.41, 5.74) is 4.56. The van der Waals surface area contributed by atoms with E-state index in [-0.39, 0.29) is 12.5 Å². The van der Waals surface area contributed by atoms with Crippen LogP contribution in [0.15, 0.2) is 78.9 Å². The second-order valence-electron chi connectivity index (χ2n) is 6.82. The van der Waals surface area contributed by atoms with Crippen molar-refractivity contribution in [3.8, 4) is 0 Å². The number of ether oxygens (including phenoxy) is 1. The second-order valence-corrected chi connectivity index (χ2v) is 6.82. The highest BCUT2D eigenvalue weighted by Gasteiger charge is 2.25. The van der Waals surface area contributed by atoms with Gasteiger partial charge >= 0.3 is 5.97 Å². The summed E-state index contributed by atoms with van der Waals surface area (Å²) in [6.07, 6.45) is 1.47. The van der Waals surface area contributed by atoms with Crippen molar-refractivity contribution in [1.29, 1.82) is 0 Å². The Morgan fingerprint density at radius 3 is 2.43 bits per heavy atom. The van der Waals surface area contributed by atoms with Gasteiger partial charge < -0.3 is 9.64 Å². The van der Waals surface area contributed by atoms with E-state index in [0.29, 0.717) is 18.5 Å². The van der Waals surface area contributed by atoms with Crippen LogP contribution in [0.5, 0.6) is 0 Å². The molecule has 0 saturated carbocycles. The lowest BCUT2D eigenvalue weighted by Gasteiger charge is -2.17. The van der Waals surface area contributed by atoms with E-state index in [1.165, 1.54) is 0 Å². The molecule has 140 valence electrons. The number of rotatable bonds is 5. The van der Waals surface area contributed by atoms with Gasteiger partial charge in [-0.3, -0.25) is 4.79 Å². The first-order chi connectivity index (χ1) is 13.7. The van der Waals surface area contributed by atoms with Crippen LogP contribution < -0.4 is 4.90 Å². The molecule has 0 unspecified atom stereocenters. The summed E-state index contributed by atoms with van der Waals surface area (Å²) in [7, 11) is 0. The quantitative estimate of drug-likeness (QED) is 0.637. The van der Waals surface area contributed by atoms with Crippen molar-refractivity contribution >= 4 is 17.6 Å². The normalized spacial score (nSPS) is 12.5. The molecule has 4 nitrogen and oxygen atoms in total. The molecule has 0 aliphatic carbocycles. The molecule has 0 N–H and O–H groups in total. The molecule has 3 aromatic rings. The topological polar surface area (TPSA) is 46.6 Å². The van der Waals surface area contributed by atoms with E-state index in [4.69, 9.17) is 4.74 Å². The maximum atomic E-state index is 12.6. The fourth-order valence-corrected chi connectivity index (χ4v) is 3.57. The van der Waals surface area contributed by atoms with Gasteiger partial charge in [-0.15, -0.1) is 0 Å². The predicted octanol–water partition coefficient (Wildman–Crippen LogP) is 4.02. The van der Waals surface area contributed by atoms with Gasteiger partial charge in [0.25, 0.3) is 5.91 Å². The van der Waals surface area contributed by atoms with Crippen molar-refractivity contribution in [3.05, 3.63) is 101 Å². The highest BCUT2D eigenvalue weighted by molar-refractivity contribution is 5.98. The molecule has 1 aliphatic heterocycles. The molecule has 28 heavy (non-hydrogen) atoms. The van der Waals surface area contributed by atoms with Crippen LogP contribution in [0.25, 0.3) is 0 Å². The van der Waals surface area contributed by atoms with Crippen molar-refractivity contribution in [1.82, 2.24) is 0 Å². The van der Waals surface area contributed by atoms with Crippen LogP contribution in [0.1, 0.15) is 27.0 Å². The maximum absolute atomic E-state index is 12.6. The lowest BCUT2D eigenvalue weighted by Crippen LogP contribution is -2.33. The number of hydrogen-bond donors (Lipinski definition) is 0. The van der Waals surface area contributed by atoms with Gasteiger partial charge in [0.05, 0.1) is 5.56 Å². The Morgan fingerprint density at radius 1 is 0.857 bits per heavy atom. The molecule has 0 fully saturated rings. The molecule has 0 atom stereocenters. The summed E-state index contributed by atoms with van der Waals surface area (Å²) in [6.45, 7) is 0.368. The zero-order valence-corrected chi connectivity index (χ0v) is 15.5. The van der Waals surface area contributed by atoms with Gasteiger partial charge in [-0.1, -0.05) is 66.7 Å². The third-order valence-corrected chi connectivity index (χ3v) is 4.99. The lowest BCUT2D eigenvalue weighted by atomic mass is 10.00. The number of fused-ring (bicyclic) bond motifs is 1. The fourth-order valence-electron chi connectivity index (χ4n) is 3.57. The Hall–Kier alpha value is -3.40. The van der Waals surface area contributed by atoms with Crippen molar-refractivity contribution in [2.75, 3.05) is 18.1 Å². The molecule has 4 rings (SSSR count). The Labute approximate surface area is 164 Å². The number of benzene rings is 3. The van der Waals surface area contributed by atoms with Crippen molar-refractivity contribution in [2.24, 2.45) is 0 Å². The number of nitrogens with zero attached hydrogens (tertiary/aromatic N) is 1. The molecule has 1 amide bonds. The minimum atomic E-state index is -0.465. The van der Waals surface area contributed by atoms with Gasteiger partial charge in [-0.2, -0.15) is 0 Å². The molecule has 0 bridgehead atoms. The first-order valence-corrected chi connectivity index (χ1v) is 9.39. The summed E-state index contributed by atoms with van der Waals surface area (Å²) < 4.78 is 5.37. The maximum Gasteiger partial charge on any atom is 0.338 e. The van der Waals surface area contributed by atoms with Crippen LogP contribution >= 0.6 is 0 Å². The number of esters is 1. The standard InChI is InChI=1S/C24H21NO3/c26-23(25-15-14-19-10-5-7-13-22(19)25)17-28-24(27)21-12-6-4-11-20(21)16-18-8-2-1-3-9-18/h1-13H,14-17H2. The van der Waals surface area contributed by atoms with E-state index in [9.17, 15) is 9.59 Å². The molecule has 0 radical (unpaired) electrons. The zero-order valence-electron chi connectivity index (χ0n) is 15.5. The highest BCUT2D eigenvalue weighted by atomic mass is 16.5. The van der Waals surface area contributed by atoms with E-state index in [0.717, 1.165) is 28.8 Å². The SMILES string of the molecule is O=C(OCC(=O)N1CCc2ccccc21)c1ccccc1Cc1ccccc1. The van der Waals surface area contributed by atoms with Gasteiger partial charge in [-0.05, 0) is 41.7 Å². The van der Waals surface area contributed by atoms with Gasteiger partial charge in [-0.25, -0.2) is 4.79 Å². The fraction of sp³-hybridized carbons (Fsp3) is 0.167. The van der Waals surface area contributed by atoms with Crippen LogP contribution in [0, 0.1) is 0 Å². The summed E-state index contributed by atoms with van der Waals surface area (Å²) in [4.78, 5) is 26.9. The Balaban J connectivity index is 1.43. The third-order valence-electron chi connectivity index (χ3n) is 4.99. The van der Waals surface area contributed by atoms with Crippen LogP contribution in [-0.2, 0) is 22.4 Å². The lowest BCUT2D eigenvalue weighted by molar-refractivity contribution is -0.121. The van der Waals surface area contributed by atoms with Crippen molar-refractivity contribution < 1.29 is 14.3 Å². The first kappa shape index (κ1) is 18.0. The molecular weight excluding hydrogens is 350 g/mol. The van der Waals surface area contributed by atoms with Crippen molar-refractivity contribution in [3.63, 3.8) is 0 Å². The number of carbonyl (C=O) groups excluding carboxylic acids is 2. The summed E-state index contributed by atoms with van der Waals surface area (Å²) in [5.74, 6) is -0.661. The smallest absolute Gasteiger partial charge is 0.338 e. The molecular formula is C24H21NO3. The van der Waals surface area contributed by atoms with Crippen LogP contribution in [0.3, 0.4) is 0 Å². The van der Waals surface area contributed by atoms with Crippen LogP contribution in [0.2, 0.25) is 0 Å². The molecule has 0 aromatic heterocycles. The molecule has 0 spiro atoms. The number of hydrogen-bond acceptors (Lipinski definition) is 3. The Morgan fingerprint density at radius 2 is 1.57 bits per heavy atom. The predicted molar refractivity (Wildman–Crippen MR) is 108 cm³/mol. The zero-order chi connectivity index (χ0) is 19.3. The van der Waals surface area contributed by atoms with E-state index in [1.54, 1.807) is 11.0 Å². The average Bonchev–Trinajstić information content (AvgIpc) is 3.17. The molecule has 0 saturated heterocycles. The number of amides is 1. The van der Waals surface area contributed by atoms with Gasteiger partial charge in [0.2, 0.25) is 0 Å². The Bertz CT molecular complexity index is 997. The molecule has 1 aliphatic rings. The minimum absolute atomic E-state index is 0.196. The highest BCUT2D eigenvalue weighted by Crippen LogP contribution is 2.27. The van der Waals surface area contributed by atoms with Crippen LogP contribution in [-0.4, -0.2) is 25.0 Å². The van der Waals surface area contributed by atoms with Crippen LogP contribution in [0.4, 0.5) is 5.69 Å². The average molecular weight is 371 g/mol. The summed E-state index contributed by atoms with van der Waals surface area (Å²) >= 11 is 0. The summed E-state index contributed by atoms with van der Waals surface area (Å²) in [5, 5.41) is 0.